The van der Waals surface area contributed by atoms with Crippen molar-refractivity contribution in [2.24, 2.45) is 0 Å². The molecule has 0 bridgehead atoms. The van der Waals surface area contributed by atoms with E-state index < -0.39 is 15.7 Å². The summed E-state index contributed by atoms with van der Waals surface area (Å²) in [7, 11) is -3.30. The van der Waals surface area contributed by atoms with Gasteiger partial charge in [-0.2, -0.15) is 5.26 Å². The van der Waals surface area contributed by atoms with Crippen molar-refractivity contribution in [1.29, 1.82) is 5.26 Å². The molecule has 0 fully saturated rings. The number of fused-ring (bicyclic) bond motifs is 6. The van der Waals surface area contributed by atoms with Crippen molar-refractivity contribution in [3.05, 3.63) is 113 Å². The first-order valence-corrected chi connectivity index (χ1v) is 17.8. The summed E-state index contributed by atoms with van der Waals surface area (Å²) in [5, 5.41) is 16.0. The standard InChI is InChI=1S/C19H14FN3O.C19H17FN2O3S/c1-11-15-8-14(20)9-16(13-4-2-12(10-21)3-5-13)18(15)23-7-6-22-19(24)17(11)23;1-11-15-9-13(20)10-16(12-3-5-14(6-4-12)26(2,24)25)18(15)22-8-7-21-19(23)17(11)22/h2-5,8-9H,6-7H2,1H3,(H,22,24);3-6,9-10H,7-8H2,1-2H3,(H,21,23). The van der Waals surface area contributed by atoms with Crippen LogP contribution in [0.4, 0.5) is 8.78 Å². The van der Waals surface area contributed by atoms with Crippen molar-refractivity contribution >= 4 is 43.5 Å². The molecule has 4 heterocycles. The molecule has 0 aliphatic carbocycles. The third-order valence-corrected chi connectivity index (χ3v) is 10.5. The van der Waals surface area contributed by atoms with Crippen LogP contribution in [0.2, 0.25) is 0 Å². The van der Waals surface area contributed by atoms with E-state index in [1.807, 2.05) is 35.1 Å². The Morgan fingerprint density at radius 1 is 0.700 bits per heavy atom. The van der Waals surface area contributed by atoms with Gasteiger partial charge in [-0.3, -0.25) is 9.59 Å². The predicted octanol–water partition coefficient (Wildman–Crippen LogP) is 6.27. The highest BCUT2D eigenvalue weighted by Gasteiger charge is 2.27. The summed E-state index contributed by atoms with van der Waals surface area (Å²) in [6.45, 7) is 5.99. The molecule has 2 aliphatic heterocycles. The van der Waals surface area contributed by atoms with Crippen molar-refractivity contribution in [3.63, 3.8) is 0 Å². The number of hydrogen-bond acceptors (Lipinski definition) is 5. The first-order chi connectivity index (χ1) is 23.9. The molecule has 0 saturated heterocycles. The molecule has 0 radical (unpaired) electrons. The zero-order chi connectivity index (χ0) is 35.5. The van der Waals surface area contributed by atoms with Crippen LogP contribution in [0.1, 0.15) is 37.7 Å². The summed E-state index contributed by atoms with van der Waals surface area (Å²) in [5.41, 5.74) is 7.79. The summed E-state index contributed by atoms with van der Waals surface area (Å²) in [5.74, 6) is -1.02. The number of benzene rings is 4. The number of sulfone groups is 1. The molecule has 8 rings (SSSR count). The summed E-state index contributed by atoms with van der Waals surface area (Å²) in [6, 6.07) is 21.3. The number of nitrogens with one attached hydrogen (secondary N) is 2. The summed E-state index contributed by atoms with van der Waals surface area (Å²) < 4.78 is 55.7. The summed E-state index contributed by atoms with van der Waals surface area (Å²) in [4.78, 5) is 24.7. The second kappa shape index (κ2) is 12.3. The van der Waals surface area contributed by atoms with E-state index in [-0.39, 0.29) is 22.5 Å². The van der Waals surface area contributed by atoms with Crippen LogP contribution in [-0.4, -0.2) is 48.7 Å². The smallest absolute Gasteiger partial charge is 0.268 e. The van der Waals surface area contributed by atoms with Crippen LogP contribution in [-0.2, 0) is 22.9 Å². The van der Waals surface area contributed by atoms with Gasteiger partial charge >= 0.3 is 0 Å². The third kappa shape index (κ3) is 5.49. The Bertz CT molecular complexity index is 2550. The molecule has 0 saturated carbocycles. The minimum Gasteiger partial charge on any atom is -0.349 e. The van der Waals surface area contributed by atoms with E-state index in [1.54, 1.807) is 24.3 Å². The first-order valence-electron chi connectivity index (χ1n) is 15.9. The van der Waals surface area contributed by atoms with Gasteiger partial charge in [0.2, 0.25) is 0 Å². The number of aromatic nitrogens is 2. The molecular weight excluding hydrogens is 661 g/mol. The van der Waals surface area contributed by atoms with Crippen molar-refractivity contribution < 1.29 is 26.8 Å². The lowest BCUT2D eigenvalue weighted by Crippen LogP contribution is -2.35. The molecule has 6 aromatic rings. The zero-order valence-electron chi connectivity index (χ0n) is 27.4. The Labute approximate surface area is 286 Å². The second-order valence-electron chi connectivity index (χ2n) is 12.4. The largest absolute Gasteiger partial charge is 0.349 e. The zero-order valence-corrected chi connectivity index (χ0v) is 28.2. The highest BCUT2D eigenvalue weighted by molar-refractivity contribution is 7.90. The van der Waals surface area contributed by atoms with Gasteiger partial charge in [0, 0.05) is 54.3 Å². The van der Waals surface area contributed by atoms with Gasteiger partial charge in [-0.1, -0.05) is 24.3 Å². The van der Waals surface area contributed by atoms with Gasteiger partial charge in [0.25, 0.3) is 11.8 Å². The molecule has 12 heteroatoms. The fraction of sp³-hybridized carbons (Fsp3) is 0.184. The number of amides is 2. The van der Waals surface area contributed by atoms with Gasteiger partial charge in [0.1, 0.15) is 23.0 Å². The molecule has 50 heavy (non-hydrogen) atoms. The van der Waals surface area contributed by atoms with Crippen LogP contribution >= 0.6 is 0 Å². The minimum atomic E-state index is -3.30. The normalized spacial score (nSPS) is 13.9. The highest BCUT2D eigenvalue weighted by Crippen LogP contribution is 2.37. The number of hydrogen-bond donors (Lipinski definition) is 2. The van der Waals surface area contributed by atoms with Crippen molar-refractivity contribution in [2.45, 2.75) is 31.8 Å². The lowest BCUT2D eigenvalue weighted by atomic mass is 10.0. The fourth-order valence-electron chi connectivity index (χ4n) is 7.04. The van der Waals surface area contributed by atoms with E-state index in [0.29, 0.717) is 59.6 Å². The topological polar surface area (TPSA) is 126 Å². The number of nitriles is 1. The SMILES string of the molecule is Cc1c2n(c3c(-c4ccc(C#N)cc4)cc(F)cc13)CCNC2=O.Cc1c2n(c3c(-c4ccc(S(C)(=O)=O)cc4)cc(F)cc13)CCNC2=O. The molecule has 2 aromatic heterocycles. The van der Waals surface area contributed by atoms with E-state index in [9.17, 15) is 26.8 Å². The predicted molar refractivity (Wildman–Crippen MR) is 187 cm³/mol. The van der Waals surface area contributed by atoms with E-state index in [1.165, 1.54) is 36.4 Å². The molecule has 2 amide bonds. The maximum Gasteiger partial charge on any atom is 0.268 e. The maximum absolute atomic E-state index is 14.3. The monoisotopic (exact) mass is 691 g/mol. The van der Waals surface area contributed by atoms with Gasteiger partial charge in [-0.25, -0.2) is 17.2 Å². The molecule has 0 atom stereocenters. The molecule has 0 spiro atoms. The molecule has 252 valence electrons. The number of halogens is 2. The quantitative estimate of drug-likeness (QED) is 0.226. The number of carbonyl (C=O) groups excluding carboxylic acids is 2. The second-order valence-corrected chi connectivity index (χ2v) is 14.5. The average Bonchev–Trinajstić information content (AvgIpc) is 3.55. The van der Waals surface area contributed by atoms with E-state index in [4.69, 9.17) is 5.26 Å². The van der Waals surface area contributed by atoms with Crippen molar-refractivity contribution in [1.82, 2.24) is 19.8 Å². The maximum atomic E-state index is 14.3. The summed E-state index contributed by atoms with van der Waals surface area (Å²) in [6.07, 6.45) is 1.15. The van der Waals surface area contributed by atoms with Gasteiger partial charge in [0.15, 0.2) is 9.84 Å². The van der Waals surface area contributed by atoms with Crippen molar-refractivity contribution in [2.75, 3.05) is 19.3 Å². The molecule has 4 aromatic carbocycles. The van der Waals surface area contributed by atoms with Crippen LogP contribution in [0.15, 0.2) is 77.7 Å². The fourth-order valence-corrected chi connectivity index (χ4v) is 7.67. The first kappa shape index (κ1) is 32.7. The van der Waals surface area contributed by atoms with Gasteiger partial charge in [0.05, 0.1) is 27.6 Å². The number of carbonyl (C=O) groups is 2. The summed E-state index contributed by atoms with van der Waals surface area (Å²) >= 11 is 0. The van der Waals surface area contributed by atoms with Gasteiger partial charge < -0.3 is 19.8 Å². The number of aryl methyl sites for hydroxylation is 2. The number of nitrogens with zero attached hydrogens (tertiary/aromatic N) is 3. The number of rotatable bonds is 3. The average molecular weight is 692 g/mol. The lowest BCUT2D eigenvalue weighted by Gasteiger charge is -2.18. The third-order valence-electron chi connectivity index (χ3n) is 9.34. The molecule has 2 aliphatic rings. The lowest BCUT2D eigenvalue weighted by molar-refractivity contribution is 0.0920. The molecule has 2 N–H and O–H groups in total. The molecule has 0 unspecified atom stereocenters. The Kier molecular flexibility index (Phi) is 8.03. The van der Waals surface area contributed by atoms with Crippen LogP contribution < -0.4 is 10.6 Å². The highest BCUT2D eigenvalue weighted by atomic mass is 32.2. The van der Waals surface area contributed by atoms with Crippen LogP contribution in [0, 0.1) is 36.8 Å². The Morgan fingerprint density at radius 2 is 1.12 bits per heavy atom. The molecular formula is C38H31F2N5O4S. The molecule has 9 nitrogen and oxygen atoms in total. The Hall–Kier alpha value is -5.80. The van der Waals surface area contributed by atoms with E-state index in [0.717, 1.165) is 44.9 Å². The van der Waals surface area contributed by atoms with Gasteiger partial charge in [-0.05, 0) is 84.6 Å². The Balaban J connectivity index is 0.000000157. The van der Waals surface area contributed by atoms with E-state index >= 15 is 0 Å². The van der Waals surface area contributed by atoms with E-state index in [2.05, 4.69) is 16.7 Å². The van der Waals surface area contributed by atoms with Gasteiger partial charge in [-0.15, -0.1) is 0 Å². The van der Waals surface area contributed by atoms with Crippen LogP contribution in [0.5, 0.6) is 0 Å². The van der Waals surface area contributed by atoms with Crippen LogP contribution in [0.3, 0.4) is 0 Å². The Morgan fingerprint density at radius 3 is 1.52 bits per heavy atom. The minimum absolute atomic E-state index is 0.124. The van der Waals surface area contributed by atoms with Crippen molar-refractivity contribution in [3.8, 4) is 28.3 Å². The van der Waals surface area contributed by atoms with Crippen LogP contribution in [0.25, 0.3) is 44.1 Å².